The van der Waals surface area contributed by atoms with Gasteiger partial charge in [-0.25, -0.2) is 0 Å². The summed E-state index contributed by atoms with van der Waals surface area (Å²) in [4.78, 5) is 11.6. The van der Waals surface area contributed by atoms with E-state index in [0.29, 0.717) is 12.2 Å². The fourth-order valence-corrected chi connectivity index (χ4v) is 2.25. The summed E-state index contributed by atoms with van der Waals surface area (Å²) < 4.78 is 0. The number of benzene rings is 2. The lowest BCUT2D eigenvalue weighted by molar-refractivity contribution is -0.121. The van der Waals surface area contributed by atoms with Crippen molar-refractivity contribution in [2.75, 3.05) is 0 Å². The van der Waals surface area contributed by atoms with Gasteiger partial charge < -0.3 is 0 Å². The van der Waals surface area contributed by atoms with Crippen LogP contribution in [-0.2, 0) is 11.2 Å². The zero-order valence-electron chi connectivity index (χ0n) is 11.1. The summed E-state index contributed by atoms with van der Waals surface area (Å²) in [6, 6.07) is 14.8. The molecule has 1 heteroatoms. The highest BCUT2D eigenvalue weighted by molar-refractivity contribution is 5.85. The van der Waals surface area contributed by atoms with E-state index in [9.17, 15) is 4.79 Å². The Bertz CT molecular complexity index is 535. The van der Waals surface area contributed by atoms with E-state index in [1.165, 1.54) is 16.3 Å². The molecule has 0 bridgehead atoms. The van der Waals surface area contributed by atoms with Crippen molar-refractivity contribution in [2.45, 2.75) is 33.1 Å². The summed E-state index contributed by atoms with van der Waals surface area (Å²) >= 11 is 0. The number of aryl methyl sites for hydroxylation is 1. The van der Waals surface area contributed by atoms with E-state index in [-0.39, 0.29) is 5.92 Å². The second kappa shape index (κ2) is 5.81. The molecule has 0 aliphatic carbocycles. The molecule has 0 atom stereocenters. The van der Waals surface area contributed by atoms with Gasteiger partial charge in [-0.2, -0.15) is 0 Å². The van der Waals surface area contributed by atoms with Crippen molar-refractivity contribution in [2.24, 2.45) is 5.92 Å². The van der Waals surface area contributed by atoms with Crippen LogP contribution in [0, 0.1) is 5.92 Å². The zero-order chi connectivity index (χ0) is 13.0. The standard InChI is InChI=1S/C17H20O/c1-13(2)17(18)12-6-10-15-9-5-8-14-7-3-4-11-16(14)15/h3-5,7-9,11,13H,6,10,12H2,1-2H3. The molecule has 1 nitrogen and oxygen atoms in total. The van der Waals surface area contributed by atoms with Gasteiger partial charge in [-0.3, -0.25) is 4.79 Å². The molecule has 0 fully saturated rings. The fourth-order valence-electron chi connectivity index (χ4n) is 2.25. The van der Waals surface area contributed by atoms with Crippen LogP contribution in [0.3, 0.4) is 0 Å². The summed E-state index contributed by atoms with van der Waals surface area (Å²) in [5.74, 6) is 0.535. The zero-order valence-corrected chi connectivity index (χ0v) is 11.1. The van der Waals surface area contributed by atoms with Crippen LogP contribution in [0.4, 0.5) is 0 Å². The fraction of sp³-hybridized carbons (Fsp3) is 0.353. The SMILES string of the molecule is CC(C)C(=O)CCCc1cccc2ccccc12. The molecule has 2 rings (SSSR count). The molecule has 94 valence electrons. The van der Waals surface area contributed by atoms with E-state index >= 15 is 0 Å². The van der Waals surface area contributed by atoms with Gasteiger partial charge in [-0.05, 0) is 29.2 Å². The number of hydrogen-bond acceptors (Lipinski definition) is 1. The number of Topliss-reactive ketones (excluding diaryl/α,β-unsaturated/α-hetero) is 1. The van der Waals surface area contributed by atoms with Gasteiger partial charge in [0.1, 0.15) is 5.78 Å². The molecule has 0 aromatic heterocycles. The van der Waals surface area contributed by atoms with Gasteiger partial charge in [0.2, 0.25) is 0 Å². The van der Waals surface area contributed by atoms with Crippen molar-refractivity contribution in [1.29, 1.82) is 0 Å². The second-order valence-electron chi connectivity index (χ2n) is 5.11. The summed E-state index contributed by atoms with van der Waals surface area (Å²) in [5.41, 5.74) is 1.35. The minimum Gasteiger partial charge on any atom is -0.299 e. The molecular weight excluding hydrogens is 220 g/mol. The van der Waals surface area contributed by atoms with Gasteiger partial charge in [0.05, 0.1) is 0 Å². The topological polar surface area (TPSA) is 17.1 Å². The maximum Gasteiger partial charge on any atom is 0.135 e. The van der Waals surface area contributed by atoms with Crippen LogP contribution < -0.4 is 0 Å². The molecule has 0 saturated heterocycles. The largest absolute Gasteiger partial charge is 0.299 e. The van der Waals surface area contributed by atoms with Crippen LogP contribution in [0.25, 0.3) is 10.8 Å². The highest BCUT2D eigenvalue weighted by atomic mass is 16.1. The van der Waals surface area contributed by atoms with Crippen molar-refractivity contribution < 1.29 is 4.79 Å². The van der Waals surface area contributed by atoms with Crippen LogP contribution >= 0.6 is 0 Å². The van der Waals surface area contributed by atoms with E-state index in [4.69, 9.17) is 0 Å². The molecule has 2 aromatic rings. The van der Waals surface area contributed by atoms with Crippen LogP contribution in [0.15, 0.2) is 42.5 Å². The molecule has 0 saturated carbocycles. The third-order valence-electron chi connectivity index (χ3n) is 3.39. The van der Waals surface area contributed by atoms with E-state index in [1.54, 1.807) is 0 Å². The van der Waals surface area contributed by atoms with E-state index < -0.39 is 0 Å². The lowest BCUT2D eigenvalue weighted by atomic mass is 9.97. The number of carbonyl (C=O) groups is 1. The molecule has 0 aliphatic heterocycles. The van der Waals surface area contributed by atoms with Crippen LogP contribution in [-0.4, -0.2) is 5.78 Å². The normalized spacial score (nSPS) is 11.1. The first-order valence-corrected chi connectivity index (χ1v) is 6.68. The third kappa shape index (κ3) is 2.98. The summed E-state index contributed by atoms with van der Waals surface area (Å²) in [6.07, 6.45) is 2.63. The third-order valence-corrected chi connectivity index (χ3v) is 3.39. The first kappa shape index (κ1) is 12.8. The van der Waals surface area contributed by atoms with Crippen LogP contribution in [0.2, 0.25) is 0 Å². The van der Waals surface area contributed by atoms with E-state index in [0.717, 1.165) is 12.8 Å². The Morgan fingerprint density at radius 2 is 1.78 bits per heavy atom. The predicted molar refractivity (Wildman–Crippen MR) is 76.7 cm³/mol. The molecule has 0 spiro atoms. The minimum atomic E-state index is 0.164. The molecule has 2 aromatic carbocycles. The molecule has 0 aliphatic rings. The summed E-state index contributed by atoms with van der Waals surface area (Å²) in [6.45, 7) is 3.94. The highest BCUT2D eigenvalue weighted by Crippen LogP contribution is 2.20. The Kier molecular flexibility index (Phi) is 4.14. The van der Waals surface area contributed by atoms with Gasteiger partial charge in [0.15, 0.2) is 0 Å². The maximum atomic E-state index is 11.6. The average Bonchev–Trinajstić information content (AvgIpc) is 2.38. The Morgan fingerprint density at radius 1 is 1.06 bits per heavy atom. The Hall–Kier alpha value is -1.63. The number of ketones is 1. The Morgan fingerprint density at radius 3 is 2.56 bits per heavy atom. The van der Waals surface area contributed by atoms with E-state index in [2.05, 4.69) is 42.5 Å². The Balaban J connectivity index is 2.06. The molecule has 0 amide bonds. The van der Waals surface area contributed by atoms with Gasteiger partial charge in [0, 0.05) is 12.3 Å². The summed E-state index contributed by atoms with van der Waals surface area (Å²) in [5, 5.41) is 2.60. The molecular formula is C17H20O. The van der Waals surface area contributed by atoms with Crippen molar-refractivity contribution in [3.8, 4) is 0 Å². The van der Waals surface area contributed by atoms with Crippen molar-refractivity contribution in [3.05, 3.63) is 48.0 Å². The average molecular weight is 240 g/mol. The van der Waals surface area contributed by atoms with Crippen molar-refractivity contribution >= 4 is 16.6 Å². The number of rotatable bonds is 5. The Labute approximate surface area is 109 Å². The molecule has 0 heterocycles. The first-order chi connectivity index (χ1) is 8.68. The lowest BCUT2D eigenvalue weighted by Gasteiger charge is -2.07. The van der Waals surface area contributed by atoms with Gasteiger partial charge in [-0.1, -0.05) is 56.3 Å². The number of hydrogen-bond donors (Lipinski definition) is 0. The second-order valence-corrected chi connectivity index (χ2v) is 5.11. The molecule has 0 radical (unpaired) electrons. The smallest absolute Gasteiger partial charge is 0.135 e. The van der Waals surface area contributed by atoms with Crippen LogP contribution in [0.5, 0.6) is 0 Å². The number of fused-ring (bicyclic) bond motifs is 1. The monoisotopic (exact) mass is 240 g/mol. The number of carbonyl (C=O) groups excluding carboxylic acids is 1. The minimum absolute atomic E-state index is 0.164. The quantitative estimate of drug-likeness (QED) is 0.757. The highest BCUT2D eigenvalue weighted by Gasteiger charge is 2.07. The molecule has 18 heavy (non-hydrogen) atoms. The lowest BCUT2D eigenvalue weighted by Crippen LogP contribution is -2.06. The first-order valence-electron chi connectivity index (χ1n) is 6.68. The van der Waals surface area contributed by atoms with E-state index in [1.807, 2.05) is 13.8 Å². The van der Waals surface area contributed by atoms with Crippen molar-refractivity contribution in [1.82, 2.24) is 0 Å². The van der Waals surface area contributed by atoms with Crippen molar-refractivity contribution in [3.63, 3.8) is 0 Å². The summed E-state index contributed by atoms with van der Waals surface area (Å²) in [7, 11) is 0. The molecule has 0 N–H and O–H groups in total. The predicted octanol–water partition coefficient (Wildman–Crippen LogP) is 4.39. The van der Waals surface area contributed by atoms with Crippen LogP contribution in [0.1, 0.15) is 32.3 Å². The van der Waals surface area contributed by atoms with Gasteiger partial charge in [0.25, 0.3) is 0 Å². The van der Waals surface area contributed by atoms with Gasteiger partial charge >= 0.3 is 0 Å². The van der Waals surface area contributed by atoms with Gasteiger partial charge in [-0.15, -0.1) is 0 Å². The maximum absolute atomic E-state index is 11.6. The molecule has 0 unspecified atom stereocenters.